The number of piperidine rings is 1. The largest absolute Gasteiger partial charge is 0.384 e. The molecule has 1 aliphatic heterocycles. The molecular formula is C26H30N6O. The minimum absolute atomic E-state index is 0.183. The normalized spacial score (nSPS) is 14.7. The predicted octanol–water partition coefficient (Wildman–Crippen LogP) is 3.63. The van der Waals surface area contributed by atoms with Crippen LogP contribution in [0, 0.1) is 0 Å². The lowest BCUT2D eigenvalue weighted by Gasteiger charge is -2.26. The molecule has 0 saturated carbocycles. The Labute approximate surface area is 193 Å². The van der Waals surface area contributed by atoms with Crippen molar-refractivity contribution < 1.29 is 4.79 Å². The summed E-state index contributed by atoms with van der Waals surface area (Å²) in [6.07, 6.45) is 4.56. The van der Waals surface area contributed by atoms with Crippen LogP contribution in [0.4, 0.5) is 5.82 Å². The molecule has 5 rings (SSSR count). The van der Waals surface area contributed by atoms with Gasteiger partial charge in [-0.15, -0.1) is 0 Å². The van der Waals surface area contributed by atoms with Crippen molar-refractivity contribution in [3.8, 4) is 0 Å². The van der Waals surface area contributed by atoms with Crippen LogP contribution in [0.1, 0.15) is 35.2 Å². The molecule has 4 aromatic rings. The van der Waals surface area contributed by atoms with Gasteiger partial charge in [-0.2, -0.15) is 0 Å². The summed E-state index contributed by atoms with van der Waals surface area (Å²) in [6, 6.07) is 18.0. The number of aromatic nitrogens is 3. The Morgan fingerprint density at radius 1 is 0.909 bits per heavy atom. The fourth-order valence-electron chi connectivity index (χ4n) is 4.65. The van der Waals surface area contributed by atoms with Gasteiger partial charge in [-0.1, -0.05) is 48.9 Å². The number of hydrogen-bond donors (Lipinski definition) is 2. The lowest BCUT2D eigenvalue weighted by molar-refractivity contribution is 0.0949. The third kappa shape index (κ3) is 4.54. The standard InChI is InChI=1S/C26H30N6O/c27-24-22(26(33)28-14-18-31-15-7-2-8-16-31)23-25(30-21-12-6-5-11-20(21)29-23)32(24)17-13-19-9-3-1-4-10-19/h1,3-6,9-12H,2,7-8,13-18,27H2,(H,28,33). The number of carbonyl (C=O) groups is 1. The summed E-state index contributed by atoms with van der Waals surface area (Å²) in [7, 11) is 0. The van der Waals surface area contributed by atoms with Crippen LogP contribution in [0.5, 0.6) is 0 Å². The summed E-state index contributed by atoms with van der Waals surface area (Å²) in [4.78, 5) is 25.3. The number of carbonyl (C=O) groups excluding carboxylic acids is 1. The monoisotopic (exact) mass is 442 g/mol. The first-order valence-electron chi connectivity index (χ1n) is 11.8. The van der Waals surface area contributed by atoms with Crippen molar-refractivity contribution in [3.05, 3.63) is 65.7 Å². The number of anilines is 1. The van der Waals surface area contributed by atoms with Gasteiger partial charge in [-0.3, -0.25) is 4.79 Å². The summed E-state index contributed by atoms with van der Waals surface area (Å²) in [6.45, 7) is 4.28. The number of para-hydroxylation sites is 2. The van der Waals surface area contributed by atoms with Gasteiger partial charge in [0.25, 0.3) is 5.91 Å². The van der Waals surface area contributed by atoms with E-state index in [4.69, 9.17) is 15.7 Å². The summed E-state index contributed by atoms with van der Waals surface area (Å²) < 4.78 is 1.93. The highest BCUT2D eigenvalue weighted by molar-refractivity contribution is 6.10. The molecule has 1 saturated heterocycles. The van der Waals surface area contributed by atoms with E-state index in [0.29, 0.717) is 35.6 Å². The first kappa shape index (κ1) is 21.4. The molecule has 1 fully saturated rings. The van der Waals surface area contributed by atoms with Gasteiger partial charge in [0.15, 0.2) is 5.65 Å². The summed E-state index contributed by atoms with van der Waals surface area (Å²) >= 11 is 0. The first-order chi connectivity index (χ1) is 16.2. The molecule has 0 radical (unpaired) electrons. The van der Waals surface area contributed by atoms with Crippen molar-refractivity contribution in [1.29, 1.82) is 0 Å². The van der Waals surface area contributed by atoms with E-state index in [1.54, 1.807) is 0 Å². The Hall–Kier alpha value is -3.45. The van der Waals surface area contributed by atoms with Crippen molar-refractivity contribution >= 4 is 33.9 Å². The fourth-order valence-corrected chi connectivity index (χ4v) is 4.65. The number of rotatable bonds is 7. The quantitative estimate of drug-likeness (QED) is 0.456. The third-order valence-electron chi connectivity index (χ3n) is 6.45. The second kappa shape index (κ2) is 9.58. The van der Waals surface area contributed by atoms with Crippen LogP contribution in [-0.2, 0) is 13.0 Å². The Morgan fingerprint density at radius 3 is 2.36 bits per heavy atom. The fraction of sp³-hybridized carbons (Fsp3) is 0.346. The van der Waals surface area contributed by atoms with Gasteiger partial charge in [-0.25, -0.2) is 9.97 Å². The number of aryl methyl sites for hydroxylation is 2. The predicted molar refractivity (Wildman–Crippen MR) is 132 cm³/mol. The van der Waals surface area contributed by atoms with Crippen LogP contribution in [0.3, 0.4) is 0 Å². The molecule has 2 aromatic carbocycles. The zero-order chi connectivity index (χ0) is 22.6. The molecule has 0 unspecified atom stereocenters. The summed E-state index contributed by atoms with van der Waals surface area (Å²) in [5.74, 6) is 0.240. The number of nitrogens with one attached hydrogen (secondary N) is 1. The number of nitrogens with zero attached hydrogens (tertiary/aromatic N) is 4. The van der Waals surface area contributed by atoms with E-state index in [2.05, 4.69) is 22.3 Å². The van der Waals surface area contributed by atoms with Gasteiger partial charge in [0.1, 0.15) is 16.9 Å². The van der Waals surface area contributed by atoms with Crippen LogP contribution < -0.4 is 11.1 Å². The minimum atomic E-state index is -0.183. The maximum absolute atomic E-state index is 13.3. The van der Waals surface area contributed by atoms with Crippen molar-refractivity contribution in [2.75, 3.05) is 31.9 Å². The highest BCUT2D eigenvalue weighted by Crippen LogP contribution is 2.28. The number of amides is 1. The molecule has 3 N–H and O–H groups in total. The van der Waals surface area contributed by atoms with Crippen LogP contribution >= 0.6 is 0 Å². The van der Waals surface area contributed by atoms with E-state index in [1.807, 2.05) is 47.0 Å². The Morgan fingerprint density at radius 2 is 1.61 bits per heavy atom. The van der Waals surface area contributed by atoms with Crippen molar-refractivity contribution in [3.63, 3.8) is 0 Å². The smallest absolute Gasteiger partial charge is 0.257 e. The van der Waals surface area contributed by atoms with E-state index < -0.39 is 0 Å². The van der Waals surface area contributed by atoms with E-state index in [0.717, 1.165) is 37.1 Å². The lowest BCUT2D eigenvalue weighted by Crippen LogP contribution is -2.37. The summed E-state index contributed by atoms with van der Waals surface area (Å²) in [5.41, 5.74) is 11.0. The molecule has 0 bridgehead atoms. The number of nitrogen functional groups attached to an aromatic ring is 1. The number of likely N-dealkylation sites (tertiary alicyclic amines) is 1. The van der Waals surface area contributed by atoms with E-state index >= 15 is 0 Å². The zero-order valence-electron chi connectivity index (χ0n) is 18.8. The van der Waals surface area contributed by atoms with Gasteiger partial charge in [0.2, 0.25) is 0 Å². The number of hydrogen-bond acceptors (Lipinski definition) is 5. The molecule has 1 amide bonds. The first-order valence-corrected chi connectivity index (χ1v) is 11.8. The van der Waals surface area contributed by atoms with Gasteiger partial charge in [-0.05, 0) is 50.0 Å². The lowest BCUT2D eigenvalue weighted by atomic mass is 10.1. The topological polar surface area (TPSA) is 89.1 Å². The third-order valence-corrected chi connectivity index (χ3v) is 6.45. The van der Waals surface area contributed by atoms with Crippen molar-refractivity contribution in [2.24, 2.45) is 0 Å². The Kier molecular flexibility index (Phi) is 6.21. The van der Waals surface area contributed by atoms with E-state index in [9.17, 15) is 4.79 Å². The van der Waals surface area contributed by atoms with Crippen LogP contribution in [-0.4, -0.2) is 51.5 Å². The van der Waals surface area contributed by atoms with Gasteiger partial charge in [0, 0.05) is 19.6 Å². The molecule has 0 aliphatic carbocycles. The van der Waals surface area contributed by atoms with Crippen LogP contribution in [0.25, 0.3) is 22.2 Å². The van der Waals surface area contributed by atoms with Gasteiger partial charge in [0.05, 0.1) is 11.0 Å². The van der Waals surface area contributed by atoms with Gasteiger partial charge >= 0.3 is 0 Å². The highest BCUT2D eigenvalue weighted by atomic mass is 16.1. The van der Waals surface area contributed by atoms with Crippen LogP contribution in [0.2, 0.25) is 0 Å². The minimum Gasteiger partial charge on any atom is -0.384 e. The second-order valence-electron chi connectivity index (χ2n) is 8.69. The van der Waals surface area contributed by atoms with Crippen molar-refractivity contribution in [2.45, 2.75) is 32.2 Å². The molecule has 2 aromatic heterocycles. The maximum Gasteiger partial charge on any atom is 0.257 e. The number of fused-ring (bicyclic) bond motifs is 2. The maximum atomic E-state index is 13.3. The Balaban J connectivity index is 1.45. The number of nitrogens with two attached hydrogens (primary N) is 1. The molecular weight excluding hydrogens is 412 g/mol. The second-order valence-corrected chi connectivity index (χ2v) is 8.69. The van der Waals surface area contributed by atoms with Gasteiger partial charge < -0.3 is 20.5 Å². The SMILES string of the molecule is Nc1c(C(=O)NCCN2CCCCC2)c2nc3ccccc3nc2n1CCc1ccccc1. The molecule has 0 spiro atoms. The van der Waals surface area contributed by atoms with Crippen molar-refractivity contribution in [1.82, 2.24) is 24.8 Å². The molecule has 33 heavy (non-hydrogen) atoms. The zero-order valence-corrected chi connectivity index (χ0v) is 18.8. The molecule has 0 atom stereocenters. The Bertz CT molecular complexity index is 1260. The molecule has 170 valence electrons. The molecule has 7 heteroatoms. The average Bonchev–Trinajstić information content (AvgIpc) is 3.12. The molecule has 7 nitrogen and oxygen atoms in total. The molecule has 1 aliphatic rings. The van der Waals surface area contributed by atoms with E-state index in [1.165, 1.54) is 24.8 Å². The average molecular weight is 443 g/mol. The van der Waals surface area contributed by atoms with Crippen LogP contribution in [0.15, 0.2) is 54.6 Å². The van der Waals surface area contributed by atoms with E-state index in [-0.39, 0.29) is 5.91 Å². The highest BCUT2D eigenvalue weighted by Gasteiger charge is 2.24. The number of benzene rings is 2. The summed E-state index contributed by atoms with van der Waals surface area (Å²) in [5, 5.41) is 3.07. The molecule has 3 heterocycles.